The van der Waals surface area contributed by atoms with Crippen LogP contribution >= 0.6 is 0 Å². The molecule has 0 radical (unpaired) electrons. The van der Waals surface area contributed by atoms with Crippen molar-refractivity contribution in [3.63, 3.8) is 0 Å². The lowest BCUT2D eigenvalue weighted by atomic mass is 9.76. The van der Waals surface area contributed by atoms with E-state index in [1.54, 1.807) is 0 Å². The van der Waals surface area contributed by atoms with Crippen LogP contribution in [0.1, 0.15) is 96.3 Å². The number of hydrogen-bond acceptors (Lipinski definition) is 9. The third-order valence-corrected chi connectivity index (χ3v) is 19.1. The summed E-state index contributed by atoms with van der Waals surface area (Å²) in [5.74, 6) is 5.40. The first kappa shape index (κ1) is 29.2. The van der Waals surface area contributed by atoms with Gasteiger partial charge in [0.25, 0.3) is 0 Å². The SMILES string of the molecule is O[SiH]([SiH3])C1CCCC2C3NC4NC(NC5NC(NC6NC(NC(N3)C21)C1CCCCC61)C1CCCCC51)C1CCCCC41. The van der Waals surface area contributed by atoms with Crippen LogP contribution in [0, 0.1) is 47.3 Å². The Morgan fingerprint density at radius 2 is 0.651 bits per heavy atom. The van der Waals surface area contributed by atoms with E-state index in [4.69, 9.17) is 0 Å². The largest absolute Gasteiger partial charge is 0.438 e. The summed E-state index contributed by atoms with van der Waals surface area (Å²) >= 11 is 0. The Labute approximate surface area is 263 Å². The van der Waals surface area contributed by atoms with Gasteiger partial charge in [-0.2, -0.15) is 0 Å². The van der Waals surface area contributed by atoms with Gasteiger partial charge in [0.2, 0.25) is 0 Å². The summed E-state index contributed by atoms with van der Waals surface area (Å²) in [4.78, 5) is 11.2. The molecule has 9 N–H and O–H groups in total. The minimum absolute atomic E-state index is 0.282. The molecule has 9 fully saturated rings. The Balaban J connectivity index is 1.07. The second-order valence-electron chi connectivity index (χ2n) is 16.6. The van der Waals surface area contributed by atoms with Crippen molar-refractivity contribution in [3.8, 4) is 0 Å². The summed E-state index contributed by atoms with van der Waals surface area (Å²) in [6.45, 7) is 0. The Morgan fingerprint density at radius 3 is 0.977 bits per heavy atom. The van der Waals surface area contributed by atoms with Crippen LogP contribution in [0.3, 0.4) is 0 Å². The molecular weight excluding hydrogens is 569 g/mol. The second-order valence-corrected chi connectivity index (χ2v) is 22.5. The molecule has 43 heavy (non-hydrogen) atoms. The Kier molecular flexibility index (Phi) is 8.12. The van der Waals surface area contributed by atoms with Gasteiger partial charge in [0.1, 0.15) is 0 Å². The van der Waals surface area contributed by atoms with Gasteiger partial charge in [-0.15, -0.1) is 0 Å². The molecule has 0 aromatic heterocycles. The van der Waals surface area contributed by atoms with E-state index >= 15 is 0 Å². The Morgan fingerprint density at radius 1 is 0.372 bits per heavy atom. The lowest BCUT2D eigenvalue weighted by molar-refractivity contribution is 0.166. The molecule has 8 bridgehead atoms. The average Bonchev–Trinajstić information content (AvgIpc) is 3.76. The molecule has 242 valence electrons. The van der Waals surface area contributed by atoms with E-state index in [0.717, 1.165) is 21.6 Å². The van der Waals surface area contributed by atoms with Crippen LogP contribution in [0.5, 0.6) is 0 Å². The number of hydrogen-bond donors (Lipinski definition) is 9. The fourth-order valence-corrected chi connectivity index (χ4v) is 16.9. The molecule has 5 aliphatic heterocycles. The van der Waals surface area contributed by atoms with E-state index in [-0.39, 0.29) is 6.17 Å². The monoisotopic (exact) mass is 628 g/mol. The van der Waals surface area contributed by atoms with Gasteiger partial charge in [0.05, 0.1) is 49.3 Å². The van der Waals surface area contributed by atoms with Crippen molar-refractivity contribution in [2.45, 2.75) is 151 Å². The van der Waals surface area contributed by atoms with Gasteiger partial charge in [-0.3, -0.25) is 42.5 Å². The number of nitrogens with one attached hydrogen (secondary N) is 8. The topological polar surface area (TPSA) is 116 Å². The lowest BCUT2D eigenvalue weighted by Gasteiger charge is -2.40. The van der Waals surface area contributed by atoms with E-state index in [1.165, 1.54) is 96.3 Å². The van der Waals surface area contributed by atoms with E-state index in [9.17, 15) is 4.80 Å². The average molecular weight is 629 g/mol. The van der Waals surface area contributed by atoms with Gasteiger partial charge in [0, 0.05) is 9.76 Å². The predicted molar refractivity (Wildman–Crippen MR) is 176 cm³/mol. The Bertz CT molecular complexity index is 1010. The summed E-state index contributed by atoms with van der Waals surface area (Å²) in [7, 11) is -0.618. The highest BCUT2D eigenvalue weighted by molar-refractivity contribution is 6.99. The molecule has 0 amide bonds. The van der Waals surface area contributed by atoms with Crippen molar-refractivity contribution in [2.24, 2.45) is 47.3 Å². The summed E-state index contributed by atoms with van der Waals surface area (Å²) < 4.78 is 0. The summed E-state index contributed by atoms with van der Waals surface area (Å²) in [6, 6.07) is 0. The first-order chi connectivity index (χ1) is 21.1. The zero-order valence-corrected chi connectivity index (χ0v) is 29.6. The minimum Gasteiger partial charge on any atom is -0.438 e. The molecule has 4 aliphatic carbocycles. The number of fused-ring (bicyclic) bond motifs is 20. The standard InChI is InChI=1S/C32H60N8OSi2/c41-43(42)23-15-7-14-22-24(23)32-39-30-21-13-6-5-12-20(21)28(37-30)35-26-17-9-2-1-8-16(17)25(33-26)34-27-18-10-3-4-11-19(18)29(36-27)38-31(22)40-32/h16-41,43H,1-15H2,42H3. The predicted octanol–water partition coefficient (Wildman–Crippen LogP) is 0.164. The van der Waals surface area contributed by atoms with Gasteiger partial charge < -0.3 is 4.80 Å². The van der Waals surface area contributed by atoms with Crippen molar-refractivity contribution >= 4 is 18.3 Å². The maximum Gasteiger partial charge on any atom is 0.153 e. The maximum absolute atomic E-state index is 11.2. The van der Waals surface area contributed by atoms with E-state index < -0.39 is 8.56 Å². The van der Waals surface area contributed by atoms with Crippen molar-refractivity contribution in [2.75, 3.05) is 0 Å². The highest BCUT2D eigenvalue weighted by Gasteiger charge is 2.56. The fourth-order valence-electron chi connectivity index (χ4n) is 12.7. The molecule has 0 spiro atoms. The summed E-state index contributed by atoms with van der Waals surface area (Å²) in [5, 5.41) is 33.8. The zero-order valence-electron chi connectivity index (χ0n) is 26.4. The van der Waals surface area contributed by atoms with Crippen molar-refractivity contribution < 1.29 is 4.80 Å². The van der Waals surface area contributed by atoms with Crippen molar-refractivity contribution in [1.82, 2.24) is 42.5 Å². The quantitative estimate of drug-likeness (QED) is 0.188. The molecule has 18 unspecified atom stereocenters. The van der Waals surface area contributed by atoms with Gasteiger partial charge in [0.15, 0.2) is 8.56 Å². The zero-order chi connectivity index (χ0) is 28.7. The molecule has 9 aliphatic rings. The van der Waals surface area contributed by atoms with Crippen LogP contribution in [0.2, 0.25) is 5.54 Å². The van der Waals surface area contributed by atoms with Crippen LogP contribution in [0.15, 0.2) is 0 Å². The molecule has 9 rings (SSSR count). The third-order valence-electron chi connectivity index (χ3n) is 14.6. The van der Waals surface area contributed by atoms with Gasteiger partial charge in [-0.1, -0.05) is 51.4 Å². The van der Waals surface area contributed by atoms with Crippen LogP contribution in [0.4, 0.5) is 0 Å². The molecule has 9 nitrogen and oxygen atoms in total. The first-order valence-corrected chi connectivity index (χ1v) is 24.7. The first-order valence-electron chi connectivity index (χ1n) is 18.9. The smallest absolute Gasteiger partial charge is 0.153 e. The highest BCUT2D eigenvalue weighted by atomic mass is 29.2. The van der Waals surface area contributed by atoms with Crippen LogP contribution in [-0.2, 0) is 0 Å². The van der Waals surface area contributed by atoms with Gasteiger partial charge >= 0.3 is 0 Å². The van der Waals surface area contributed by atoms with E-state index in [1.807, 2.05) is 0 Å². The van der Waals surface area contributed by atoms with Gasteiger partial charge in [-0.25, -0.2) is 0 Å². The normalized spacial score (nSPS) is 57.0. The molecule has 5 heterocycles. The molecule has 0 aromatic carbocycles. The van der Waals surface area contributed by atoms with E-state index in [0.29, 0.717) is 84.2 Å². The van der Waals surface area contributed by atoms with Crippen LogP contribution in [0.25, 0.3) is 0 Å². The maximum atomic E-state index is 11.2. The van der Waals surface area contributed by atoms with Crippen molar-refractivity contribution in [1.29, 1.82) is 0 Å². The van der Waals surface area contributed by atoms with Gasteiger partial charge in [-0.05, 0) is 97.8 Å². The van der Waals surface area contributed by atoms with E-state index in [2.05, 4.69) is 42.5 Å². The van der Waals surface area contributed by atoms with Crippen LogP contribution in [-0.4, -0.2) is 72.4 Å². The molecule has 11 heteroatoms. The summed E-state index contributed by atoms with van der Waals surface area (Å²) in [5.41, 5.74) is 0.554. The third kappa shape index (κ3) is 5.10. The number of rotatable bonds is 1. The minimum atomic E-state index is -1.62. The molecule has 18 atom stereocenters. The lowest BCUT2D eigenvalue weighted by Crippen LogP contribution is -2.61. The Hall–Kier alpha value is 0.0738. The summed E-state index contributed by atoms with van der Waals surface area (Å²) in [6.07, 6.45) is 23.0. The molecule has 4 saturated carbocycles. The molecule has 0 aromatic rings. The van der Waals surface area contributed by atoms with Crippen molar-refractivity contribution in [3.05, 3.63) is 0 Å². The molecule has 5 saturated heterocycles. The second kappa shape index (κ2) is 11.9. The fraction of sp³-hybridized carbons (Fsp3) is 1.00. The van der Waals surface area contributed by atoms with Crippen LogP contribution < -0.4 is 42.5 Å². The molecular formula is C32H60N8OSi2. The highest BCUT2D eigenvalue weighted by Crippen LogP contribution is 2.48.